The fraction of sp³-hybridized carbons (Fsp3) is 0.464. The van der Waals surface area contributed by atoms with E-state index in [0.29, 0.717) is 46.9 Å². The normalized spacial score (nSPS) is 18.9. The molecule has 1 aliphatic carbocycles. The maximum Gasteiger partial charge on any atom is 0.306 e. The fourth-order valence-electron chi connectivity index (χ4n) is 5.18. The van der Waals surface area contributed by atoms with Gasteiger partial charge in [-0.3, -0.25) is 4.79 Å². The summed E-state index contributed by atoms with van der Waals surface area (Å²) in [7, 11) is 3.43. The molecule has 1 aliphatic rings. The number of carboxylic acids is 1. The number of aliphatic carboxylic acids is 1. The Morgan fingerprint density at radius 2 is 2.03 bits per heavy atom. The van der Waals surface area contributed by atoms with Gasteiger partial charge in [0.05, 0.1) is 24.1 Å². The lowest BCUT2D eigenvalue weighted by atomic mass is 9.85. The monoisotopic (exact) mass is 545 g/mol. The summed E-state index contributed by atoms with van der Waals surface area (Å²) in [5.74, 6) is -0.176. The average molecular weight is 546 g/mol. The zero-order valence-electron chi connectivity index (χ0n) is 22.0. The molecule has 1 fully saturated rings. The van der Waals surface area contributed by atoms with Gasteiger partial charge in [0, 0.05) is 22.7 Å². The third-order valence-corrected chi connectivity index (χ3v) is 7.56. The molecule has 4 unspecified atom stereocenters. The molecule has 9 nitrogen and oxygen atoms in total. The molecule has 0 spiro atoms. The van der Waals surface area contributed by atoms with Crippen LogP contribution in [0.2, 0.25) is 5.02 Å². The lowest BCUT2D eigenvalue weighted by Gasteiger charge is -2.30. The number of nitrogens with one attached hydrogen (secondary N) is 1. The highest BCUT2D eigenvalue weighted by molar-refractivity contribution is 6.30. The van der Waals surface area contributed by atoms with Crippen molar-refractivity contribution in [2.45, 2.75) is 63.6 Å². The Kier molecular flexibility index (Phi) is 10.1. The van der Waals surface area contributed by atoms with Gasteiger partial charge in [-0.15, -0.1) is 0 Å². The molecule has 0 saturated heterocycles. The molecule has 0 aliphatic heterocycles. The Hall–Kier alpha value is -3.14. The van der Waals surface area contributed by atoms with E-state index in [4.69, 9.17) is 26.1 Å². The minimum absolute atomic E-state index is 0.149. The summed E-state index contributed by atoms with van der Waals surface area (Å²) < 4.78 is 7.32. The summed E-state index contributed by atoms with van der Waals surface area (Å²) in [5, 5.41) is 35.6. The van der Waals surface area contributed by atoms with E-state index < -0.39 is 18.0 Å². The Balaban J connectivity index is 0.00000195. The van der Waals surface area contributed by atoms with Crippen molar-refractivity contribution >= 4 is 35.4 Å². The zero-order chi connectivity index (χ0) is 28.0. The summed E-state index contributed by atoms with van der Waals surface area (Å²) >= 11 is 6.29. The van der Waals surface area contributed by atoms with Crippen LogP contribution in [0.25, 0.3) is 11.0 Å². The van der Waals surface area contributed by atoms with Crippen molar-refractivity contribution in [2.75, 3.05) is 14.2 Å². The molecule has 0 amide bonds. The molecule has 0 radical (unpaired) electrons. The highest BCUT2D eigenvalue weighted by Gasteiger charge is 2.33. The van der Waals surface area contributed by atoms with E-state index in [2.05, 4.69) is 12.2 Å². The number of carbonyl (C=O) groups excluding carboxylic acids is 1. The van der Waals surface area contributed by atoms with Crippen molar-refractivity contribution in [3.63, 3.8) is 0 Å². The lowest BCUT2D eigenvalue weighted by Crippen LogP contribution is -2.26. The number of hydrogen-bond donors (Lipinski definition) is 4. The first-order chi connectivity index (χ1) is 18.2. The molecule has 4 rings (SSSR count). The van der Waals surface area contributed by atoms with Gasteiger partial charge in [-0.2, -0.15) is 0 Å². The van der Waals surface area contributed by atoms with Crippen LogP contribution in [0.1, 0.15) is 68.1 Å². The van der Waals surface area contributed by atoms with Crippen LogP contribution in [0, 0.1) is 5.92 Å². The maximum absolute atomic E-state index is 11.8. The quantitative estimate of drug-likeness (QED) is 0.305. The fourth-order valence-corrected chi connectivity index (χ4v) is 5.42. The molecular formula is C28H36ClN3O6. The standard InChI is InChI=1S/C27H34ClN3O5.CH2O/c1-15(29-2)7-8-21-23(32)10-9-22-24(21)30-26(25(33)17-11-18(28)14-20(13-17)36-3)31(22)19-6-4-5-16(12-19)27(34)35;1-2/h9-11,13-16,19,25,29,32-33H,4-8,12H2,1-3H3,(H,34,35);1H2. The van der Waals surface area contributed by atoms with Crippen molar-refractivity contribution in [1.82, 2.24) is 14.9 Å². The van der Waals surface area contributed by atoms with E-state index in [9.17, 15) is 20.1 Å². The Labute approximate surface area is 227 Å². The number of aromatic hydroxyl groups is 1. The number of rotatable bonds is 9. The van der Waals surface area contributed by atoms with E-state index in [1.165, 1.54) is 7.11 Å². The number of hydrogen-bond acceptors (Lipinski definition) is 7. The number of phenols is 1. The second-order valence-corrected chi connectivity index (χ2v) is 10.1. The van der Waals surface area contributed by atoms with Gasteiger partial charge in [-0.1, -0.05) is 18.0 Å². The number of aliphatic hydroxyl groups excluding tert-OH is 1. The largest absolute Gasteiger partial charge is 0.508 e. The summed E-state index contributed by atoms with van der Waals surface area (Å²) in [6.45, 7) is 4.07. The highest BCUT2D eigenvalue weighted by atomic mass is 35.5. The summed E-state index contributed by atoms with van der Waals surface area (Å²) in [5.41, 5.74) is 2.64. The number of phenolic OH excluding ortho intramolecular Hbond substituents is 1. The first-order valence-corrected chi connectivity index (χ1v) is 13.0. The van der Waals surface area contributed by atoms with Crippen LogP contribution in [-0.4, -0.2) is 57.8 Å². The smallest absolute Gasteiger partial charge is 0.306 e. The number of aliphatic hydroxyl groups is 1. The number of aryl methyl sites for hydroxylation is 1. The number of ether oxygens (including phenoxy) is 1. The van der Waals surface area contributed by atoms with E-state index in [1.807, 2.05) is 24.5 Å². The third-order valence-electron chi connectivity index (χ3n) is 7.34. The van der Waals surface area contributed by atoms with E-state index in [1.54, 1.807) is 24.3 Å². The minimum atomic E-state index is -1.12. The molecule has 206 valence electrons. The van der Waals surface area contributed by atoms with Gasteiger partial charge in [0.2, 0.25) is 0 Å². The summed E-state index contributed by atoms with van der Waals surface area (Å²) in [4.78, 5) is 24.7. The molecule has 1 saturated carbocycles. The second-order valence-electron chi connectivity index (χ2n) is 9.68. The molecule has 38 heavy (non-hydrogen) atoms. The zero-order valence-corrected chi connectivity index (χ0v) is 22.7. The van der Waals surface area contributed by atoms with Crippen molar-refractivity contribution in [3.05, 3.63) is 52.3 Å². The van der Waals surface area contributed by atoms with Crippen LogP contribution in [-0.2, 0) is 16.0 Å². The SMILES string of the molecule is C=O.CNC(C)CCc1c(O)ccc2c1nc(C(O)c1cc(Cl)cc(OC)c1)n2C1CCCC(C(=O)O)C1. The van der Waals surface area contributed by atoms with Gasteiger partial charge in [-0.25, -0.2) is 4.98 Å². The van der Waals surface area contributed by atoms with Gasteiger partial charge in [0.25, 0.3) is 0 Å². The van der Waals surface area contributed by atoms with Crippen molar-refractivity contribution in [1.29, 1.82) is 0 Å². The van der Waals surface area contributed by atoms with Crippen LogP contribution in [0.4, 0.5) is 0 Å². The second kappa shape index (κ2) is 13.1. The van der Waals surface area contributed by atoms with Crippen molar-refractivity contribution in [2.24, 2.45) is 5.92 Å². The lowest BCUT2D eigenvalue weighted by molar-refractivity contribution is -0.143. The third kappa shape index (κ3) is 6.28. The molecule has 1 heterocycles. The van der Waals surface area contributed by atoms with Gasteiger partial charge in [0.1, 0.15) is 30.2 Å². The molecule has 0 bridgehead atoms. The topological polar surface area (TPSA) is 134 Å². The number of imidazole rings is 1. The molecular weight excluding hydrogens is 510 g/mol. The van der Waals surface area contributed by atoms with Crippen LogP contribution in [0.15, 0.2) is 30.3 Å². The number of aromatic nitrogens is 2. The van der Waals surface area contributed by atoms with Crippen molar-refractivity contribution < 1.29 is 29.6 Å². The number of methoxy groups -OCH3 is 1. The predicted octanol–water partition coefficient (Wildman–Crippen LogP) is 4.66. The summed E-state index contributed by atoms with van der Waals surface area (Å²) in [6, 6.07) is 8.63. The van der Waals surface area contributed by atoms with E-state index in [-0.39, 0.29) is 17.8 Å². The average Bonchev–Trinajstić information content (AvgIpc) is 3.32. The molecule has 2 aromatic carbocycles. The van der Waals surface area contributed by atoms with Gasteiger partial charge in [-0.05, 0) is 82.0 Å². The number of carbonyl (C=O) groups is 2. The first-order valence-electron chi connectivity index (χ1n) is 12.7. The summed E-state index contributed by atoms with van der Waals surface area (Å²) in [6.07, 6.45) is 2.91. The number of carboxylic acid groups (broad SMARTS) is 1. The molecule has 1 aromatic heterocycles. The van der Waals surface area contributed by atoms with Gasteiger partial charge >= 0.3 is 5.97 Å². The first kappa shape index (κ1) is 29.4. The van der Waals surface area contributed by atoms with E-state index in [0.717, 1.165) is 30.3 Å². The van der Waals surface area contributed by atoms with Crippen LogP contribution in [0.3, 0.4) is 0 Å². The van der Waals surface area contributed by atoms with Gasteiger partial charge in [0.15, 0.2) is 0 Å². The Morgan fingerprint density at radius 3 is 2.68 bits per heavy atom. The number of benzene rings is 2. The number of nitrogens with zero attached hydrogens (tertiary/aromatic N) is 2. The van der Waals surface area contributed by atoms with Crippen LogP contribution >= 0.6 is 11.6 Å². The Morgan fingerprint density at radius 1 is 1.29 bits per heavy atom. The molecule has 4 N–H and O–H groups in total. The maximum atomic E-state index is 11.8. The van der Waals surface area contributed by atoms with Crippen LogP contribution in [0.5, 0.6) is 11.5 Å². The predicted molar refractivity (Wildman–Crippen MR) is 146 cm³/mol. The van der Waals surface area contributed by atoms with E-state index >= 15 is 0 Å². The van der Waals surface area contributed by atoms with Crippen molar-refractivity contribution in [3.8, 4) is 11.5 Å². The highest BCUT2D eigenvalue weighted by Crippen LogP contribution is 2.40. The van der Waals surface area contributed by atoms with Crippen LogP contribution < -0.4 is 10.1 Å². The molecule has 10 heteroatoms. The van der Waals surface area contributed by atoms with Gasteiger partial charge < -0.3 is 34.7 Å². The molecule has 3 aromatic rings. The number of fused-ring (bicyclic) bond motifs is 1. The number of halogens is 1. The minimum Gasteiger partial charge on any atom is -0.508 e. The Bertz CT molecular complexity index is 1260. The molecule has 4 atom stereocenters.